The summed E-state index contributed by atoms with van der Waals surface area (Å²) in [7, 11) is 3.97. The topological polar surface area (TPSA) is 42.7 Å². The number of thiazole rings is 1. The molecule has 2 rings (SSSR count). The molecule has 2 heterocycles. The summed E-state index contributed by atoms with van der Waals surface area (Å²) in [6.45, 7) is 4.05. The Kier molecular flexibility index (Phi) is 3.59. The van der Waals surface area contributed by atoms with Gasteiger partial charge in [0.15, 0.2) is 0 Å². The van der Waals surface area contributed by atoms with E-state index in [1.54, 1.807) is 11.3 Å². The van der Waals surface area contributed by atoms with E-state index < -0.39 is 0 Å². The summed E-state index contributed by atoms with van der Waals surface area (Å²) in [6.07, 6.45) is 0.911. The summed E-state index contributed by atoms with van der Waals surface area (Å²) >= 11 is 1.72. The Morgan fingerprint density at radius 2 is 2.18 bits per heavy atom. The first-order valence-electron chi connectivity index (χ1n) is 5.69. The second kappa shape index (κ2) is 4.98. The van der Waals surface area contributed by atoms with E-state index in [9.17, 15) is 0 Å². The van der Waals surface area contributed by atoms with Crippen molar-refractivity contribution >= 4 is 11.3 Å². The molecule has 0 aromatic carbocycles. The number of hydrogen-bond donors (Lipinski definition) is 1. The van der Waals surface area contributed by atoms with Crippen molar-refractivity contribution in [3.8, 4) is 0 Å². The normalized spacial score (nSPS) is 12.9. The fourth-order valence-electron chi connectivity index (χ4n) is 1.98. The fraction of sp³-hybridized carbons (Fsp3) is 0.500. The number of likely N-dealkylation sites (N-methyl/N-ethyl adjacent to an activating group) is 1. The van der Waals surface area contributed by atoms with Crippen LogP contribution in [0.15, 0.2) is 11.4 Å². The minimum absolute atomic E-state index is 0.270. The van der Waals surface area contributed by atoms with Crippen LogP contribution < -0.4 is 5.32 Å². The highest BCUT2D eigenvalue weighted by Gasteiger charge is 2.16. The van der Waals surface area contributed by atoms with E-state index in [1.165, 1.54) is 10.7 Å². The Balaban J connectivity index is 2.19. The SMILES string of the molecule is CNC(Cc1nc(C)cs1)c1cc(C)nn1C. The van der Waals surface area contributed by atoms with E-state index in [0.29, 0.717) is 0 Å². The van der Waals surface area contributed by atoms with Crippen LogP contribution in [0.4, 0.5) is 0 Å². The summed E-state index contributed by atoms with van der Waals surface area (Å²) in [5.41, 5.74) is 3.36. The Morgan fingerprint density at radius 1 is 1.41 bits per heavy atom. The molecule has 92 valence electrons. The Morgan fingerprint density at radius 3 is 2.65 bits per heavy atom. The van der Waals surface area contributed by atoms with Gasteiger partial charge in [0.2, 0.25) is 0 Å². The van der Waals surface area contributed by atoms with E-state index in [0.717, 1.165) is 17.8 Å². The molecule has 0 radical (unpaired) electrons. The van der Waals surface area contributed by atoms with Gasteiger partial charge in [0.1, 0.15) is 0 Å². The third-order valence-electron chi connectivity index (χ3n) is 2.79. The monoisotopic (exact) mass is 250 g/mol. The standard InChI is InChI=1S/C12H18N4S/c1-8-5-11(16(4)15-8)10(13-3)6-12-14-9(2)7-17-12/h5,7,10,13H,6H2,1-4H3. The maximum absolute atomic E-state index is 4.51. The summed E-state index contributed by atoms with van der Waals surface area (Å²) in [5, 5.41) is 11.0. The summed E-state index contributed by atoms with van der Waals surface area (Å²) in [6, 6.07) is 2.40. The van der Waals surface area contributed by atoms with Crippen LogP contribution in [0.1, 0.15) is 28.1 Å². The largest absolute Gasteiger partial charge is 0.311 e. The predicted molar refractivity (Wildman–Crippen MR) is 70.3 cm³/mol. The molecule has 0 aliphatic heterocycles. The number of rotatable bonds is 4. The van der Waals surface area contributed by atoms with Crippen molar-refractivity contribution < 1.29 is 0 Å². The first-order chi connectivity index (χ1) is 8.10. The molecule has 0 saturated heterocycles. The van der Waals surface area contributed by atoms with Crippen LogP contribution >= 0.6 is 11.3 Å². The van der Waals surface area contributed by atoms with Gasteiger partial charge in [0, 0.05) is 24.5 Å². The molecule has 17 heavy (non-hydrogen) atoms. The smallest absolute Gasteiger partial charge is 0.0947 e. The Hall–Kier alpha value is -1.20. The van der Waals surface area contributed by atoms with Gasteiger partial charge in [0.25, 0.3) is 0 Å². The third-order valence-corrected chi connectivity index (χ3v) is 3.78. The second-order valence-electron chi connectivity index (χ2n) is 4.26. The van der Waals surface area contributed by atoms with Crippen molar-refractivity contribution in [1.82, 2.24) is 20.1 Å². The maximum atomic E-state index is 4.51. The molecule has 0 spiro atoms. The number of hydrogen-bond acceptors (Lipinski definition) is 4. The van der Waals surface area contributed by atoms with Gasteiger partial charge in [-0.25, -0.2) is 4.98 Å². The summed E-state index contributed by atoms with van der Waals surface area (Å²) < 4.78 is 1.94. The molecule has 0 bridgehead atoms. The van der Waals surface area contributed by atoms with E-state index in [-0.39, 0.29) is 6.04 Å². The maximum Gasteiger partial charge on any atom is 0.0947 e. The second-order valence-corrected chi connectivity index (χ2v) is 5.20. The molecule has 1 unspecified atom stereocenters. The summed E-state index contributed by atoms with van der Waals surface area (Å²) in [5.74, 6) is 0. The van der Waals surface area contributed by atoms with E-state index in [1.807, 2.05) is 32.6 Å². The number of aromatic nitrogens is 3. The van der Waals surface area contributed by atoms with E-state index in [2.05, 4.69) is 26.8 Å². The average molecular weight is 250 g/mol. The predicted octanol–water partition coefficient (Wildman–Crippen LogP) is 2.00. The molecule has 1 N–H and O–H groups in total. The zero-order valence-electron chi connectivity index (χ0n) is 10.7. The highest BCUT2D eigenvalue weighted by atomic mass is 32.1. The highest BCUT2D eigenvalue weighted by molar-refractivity contribution is 7.09. The molecule has 5 heteroatoms. The lowest BCUT2D eigenvalue weighted by Gasteiger charge is -2.14. The van der Waals surface area contributed by atoms with Crippen LogP contribution in [0, 0.1) is 13.8 Å². The van der Waals surface area contributed by atoms with Crippen LogP contribution in [0.2, 0.25) is 0 Å². The molecule has 0 saturated carbocycles. The molecular weight excluding hydrogens is 232 g/mol. The minimum atomic E-state index is 0.270. The molecule has 0 aliphatic rings. The van der Waals surface area contributed by atoms with Gasteiger partial charge in [-0.15, -0.1) is 11.3 Å². The zero-order valence-corrected chi connectivity index (χ0v) is 11.5. The first kappa shape index (κ1) is 12.3. The lowest BCUT2D eigenvalue weighted by Crippen LogP contribution is -2.21. The van der Waals surface area contributed by atoms with Crippen LogP contribution in [-0.2, 0) is 13.5 Å². The van der Waals surface area contributed by atoms with Crippen molar-refractivity contribution in [3.05, 3.63) is 33.5 Å². The molecule has 0 amide bonds. The average Bonchev–Trinajstić information content (AvgIpc) is 2.82. The van der Waals surface area contributed by atoms with Crippen molar-refractivity contribution in [3.63, 3.8) is 0 Å². The quantitative estimate of drug-likeness (QED) is 0.902. The van der Waals surface area contributed by atoms with Crippen molar-refractivity contribution in [2.45, 2.75) is 26.3 Å². The zero-order chi connectivity index (χ0) is 12.4. The van der Waals surface area contributed by atoms with Crippen LogP contribution in [-0.4, -0.2) is 21.8 Å². The Labute approximate surface area is 106 Å². The molecule has 1 atom stereocenters. The molecule has 4 nitrogen and oxygen atoms in total. The number of nitrogens with one attached hydrogen (secondary N) is 1. The fourth-order valence-corrected chi connectivity index (χ4v) is 2.80. The van der Waals surface area contributed by atoms with Crippen molar-refractivity contribution in [2.24, 2.45) is 7.05 Å². The van der Waals surface area contributed by atoms with Gasteiger partial charge in [-0.2, -0.15) is 5.10 Å². The third kappa shape index (κ3) is 2.73. The van der Waals surface area contributed by atoms with Crippen LogP contribution in [0.25, 0.3) is 0 Å². The first-order valence-corrected chi connectivity index (χ1v) is 6.57. The summed E-state index contributed by atoms with van der Waals surface area (Å²) in [4.78, 5) is 4.51. The molecule has 2 aromatic heterocycles. The van der Waals surface area contributed by atoms with E-state index in [4.69, 9.17) is 0 Å². The van der Waals surface area contributed by atoms with Crippen LogP contribution in [0.5, 0.6) is 0 Å². The lowest BCUT2D eigenvalue weighted by molar-refractivity contribution is 0.536. The molecule has 0 aliphatic carbocycles. The number of nitrogens with zero attached hydrogens (tertiary/aromatic N) is 3. The Bertz CT molecular complexity index is 500. The van der Waals surface area contributed by atoms with Gasteiger partial charge in [-0.3, -0.25) is 4.68 Å². The van der Waals surface area contributed by atoms with E-state index >= 15 is 0 Å². The van der Waals surface area contributed by atoms with Gasteiger partial charge >= 0.3 is 0 Å². The number of aryl methyl sites for hydroxylation is 3. The van der Waals surface area contributed by atoms with Crippen molar-refractivity contribution in [1.29, 1.82) is 0 Å². The highest BCUT2D eigenvalue weighted by Crippen LogP contribution is 2.20. The minimum Gasteiger partial charge on any atom is -0.311 e. The molecular formula is C12H18N4S. The molecule has 0 fully saturated rings. The van der Waals surface area contributed by atoms with Gasteiger partial charge in [-0.1, -0.05) is 0 Å². The van der Waals surface area contributed by atoms with Crippen molar-refractivity contribution in [2.75, 3.05) is 7.05 Å². The molecule has 2 aromatic rings. The van der Waals surface area contributed by atoms with Gasteiger partial charge in [0.05, 0.1) is 22.4 Å². The van der Waals surface area contributed by atoms with Gasteiger partial charge in [-0.05, 0) is 27.0 Å². The van der Waals surface area contributed by atoms with Gasteiger partial charge < -0.3 is 5.32 Å². The van der Waals surface area contributed by atoms with Crippen LogP contribution in [0.3, 0.4) is 0 Å². The lowest BCUT2D eigenvalue weighted by atomic mass is 10.1.